The summed E-state index contributed by atoms with van der Waals surface area (Å²) in [5, 5.41) is 3.30. The fraction of sp³-hybridized carbons (Fsp3) is 0.538. The molecular formula is C13H20BrNO2. The lowest BCUT2D eigenvalue weighted by molar-refractivity contribution is 0.118. The number of anilines is 1. The van der Waals surface area contributed by atoms with Crippen molar-refractivity contribution in [2.45, 2.75) is 13.8 Å². The molecule has 0 radical (unpaired) electrons. The SMILES string of the molecule is COc1cc(Br)cc(NCCOCC(C)C)c1. The molecule has 0 aliphatic rings. The Balaban J connectivity index is 2.33. The average molecular weight is 302 g/mol. The van der Waals surface area contributed by atoms with Gasteiger partial charge in [-0.2, -0.15) is 0 Å². The molecule has 0 bridgehead atoms. The summed E-state index contributed by atoms with van der Waals surface area (Å²) in [6.45, 7) is 6.61. The third kappa shape index (κ3) is 5.94. The minimum Gasteiger partial charge on any atom is -0.497 e. The van der Waals surface area contributed by atoms with E-state index in [0.29, 0.717) is 12.5 Å². The normalized spacial score (nSPS) is 10.6. The third-order valence-electron chi connectivity index (χ3n) is 2.13. The topological polar surface area (TPSA) is 30.5 Å². The van der Waals surface area contributed by atoms with Crippen LogP contribution in [0.5, 0.6) is 5.75 Å². The van der Waals surface area contributed by atoms with Crippen LogP contribution in [-0.4, -0.2) is 26.9 Å². The van der Waals surface area contributed by atoms with Crippen molar-refractivity contribution < 1.29 is 9.47 Å². The summed E-state index contributed by atoms with van der Waals surface area (Å²) < 4.78 is 11.7. The van der Waals surface area contributed by atoms with E-state index in [2.05, 4.69) is 35.1 Å². The maximum Gasteiger partial charge on any atom is 0.122 e. The Morgan fingerprint density at radius 1 is 1.29 bits per heavy atom. The molecule has 0 spiro atoms. The van der Waals surface area contributed by atoms with Gasteiger partial charge in [-0.1, -0.05) is 29.8 Å². The molecule has 0 aliphatic carbocycles. The van der Waals surface area contributed by atoms with E-state index in [1.165, 1.54) is 0 Å². The molecule has 0 atom stereocenters. The first-order valence-electron chi connectivity index (χ1n) is 5.78. The van der Waals surface area contributed by atoms with Crippen LogP contribution in [0.4, 0.5) is 5.69 Å². The quantitative estimate of drug-likeness (QED) is 0.781. The zero-order valence-electron chi connectivity index (χ0n) is 10.6. The van der Waals surface area contributed by atoms with Crippen LogP contribution < -0.4 is 10.1 Å². The van der Waals surface area contributed by atoms with Crippen molar-refractivity contribution in [3.8, 4) is 5.75 Å². The van der Waals surface area contributed by atoms with Crippen LogP contribution in [0.25, 0.3) is 0 Å². The molecular weight excluding hydrogens is 282 g/mol. The first-order chi connectivity index (χ1) is 8.11. The van der Waals surface area contributed by atoms with Crippen LogP contribution in [0.3, 0.4) is 0 Å². The molecule has 0 saturated carbocycles. The third-order valence-corrected chi connectivity index (χ3v) is 2.59. The number of ether oxygens (including phenoxy) is 2. The molecule has 0 amide bonds. The van der Waals surface area contributed by atoms with Crippen molar-refractivity contribution in [2.75, 3.05) is 32.2 Å². The molecule has 0 aliphatic heterocycles. The maximum atomic E-state index is 5.50. The van der Waals surface area contributed by atoms with Gasteiger partial charge in [0.15, 0.2) is 0 Å². The minimum atomic E-state index is 0.584. The summed E-state index contributed by atoms with van der Waals surface area (Å²) in [4.78, 5) is 0. The summed E-state index contributed by atoms with van der Waals surface area (Å²) in [6, 6.07) is 5.92. The number of hydrogen-bond donors (Lipinski definition) is 1. The van der Waals surface area contributed by atoms with E-state index < -0.39 is 0 Å². The van der Waals surface area contributed by atoms with Gasteiger partial charge in [0.05, 0.1) is 13.7 Å². The lowest BCUT2D eigenvalue weighted by atomic mass is 10.2. The fourth-order valence-corrected chi connectivity index (χ4v) is 1.84. The number of benzene rings is 1. The van der Waals surface area contributed by atoms with Gasteiger partial charge in [0.1, 0.15) is 5.75 Å². The van der Waals surface area contributed by atoms with E-state index >= 15 is 0 Å². The molecule has 0 heterocycles. The highest BCUT2D eigenvalue weighted by atomic mass is 79.9. The van der Waals surface area contributed by atoms with Crippen molar-refractivity contribution in [3.63, 3.8) is 0 Å². The number of rotatable bonds is 7. The van der Waals surface area contributed by atoms with Crippen LogP contribution in [-0.2, 0) is 4.74 Å². The van der Waals surface area contributed by atoms with Crippen LogP contribution in [0.15, 0.2) is 22.7 Å². The van der Waals surface area contributed by atoms with Gasteiger partial charge in [-0.3, -0.25) is 0 Å². The first-order valence-corrected chi connectivity index (χ1v) is 6.57. The highest BCUT2D eigenvalue weighted by molar-refractivity contribution is 9.10. The zero-order chi connectivity index (χ0) is 12.7. The number of methoxy groups -OCH3 is 1. The molecule has 96 valence electrons. The van der Waals surface area contributed by atoms with Crippen molar-refractivity contribution in [1.29, 1.82) is 0 Å². The Morgan fingerprint density at radius 3 is 2.71 bits per heavy atom. The predicted molar refractivity (Wildman–Crippen MR) is 74.8 cm³/mol. The number of halogens is 1. The minimum absolute atomic E-state index is 0.584. The molecule has 17 heavy (non-hydrogen) atoms. The molecule has 0 unspecified atom stereocenters. The Bertz CT molecular complexity index is 342. The van der Waals surface area contributed by atoms with Crippen LogP contribution in [0.2, 0.25) is 0 Å². The summed E-state index contributed by atoms with van der Waals surface area (Å²) in [6.07, 6.45) is 0. The van der Waals surface area contributed by atoms with E-state index in [0.717, 1.165) is 29.1 Å². The average Bonchev–Trinajstić information content (AvgIpc) is 2.27. The summed E-state index contributed by atoms with van der Waals surface area (Å²) in [5.41, 5.74) is 1.03. The van der Waals surface area contributed by atoms with Gasteiger partial charge >= 0.3 is 0 Å². The molecule has 0 fully saturated rings. The second-order valence-electron chi connectivity index (χ2n) is 4.28. The Morgan fingerprint density at radius 2 is 2.06 bits per heavy atom. The van der Waals surface area contributed by atoms with Gasteiger partial charge in [-0.05, 0) is 18.1 Å². The Kier molecular flexibility index (Phi) is 6.37. The zero-order valence-corrected chi connectivity index (χ0v) is 12.2. The molecule has 1 N–H and O–H groups in total. The summed E-state index contributed by atoms with van der Waals surface area (Å²) in [5.74, 6) is 1.42. The van der Waals surface area contributed by atoms with Gasteiger partial charge in [-0.15, -0.1) is 0 Å². The van der Waals surface area contributed by atoms with Gasteiger partial charge in [-0.25, -0.2) is 0 Å². The van der Waals surface area contributed by atoms with Gasteiger partial charge in [0.25, 0.3) is 0 Å². The van der Waals surface area contributed by atoms with Crippen molar-refractivity contribution in [3.05, 3.63) is 22.7 Å². The molecule has 0 saturated heterocycles. The highest BCUT2D eigenvalue weighted by Gasteiger charge is 1.99. The van der Waals surface area contributed by atoms with Crippen LogP contribution in [0.1, 0.15) is 13.8 Å². The number of hydrogen-bond acceptors (Lipinski definition) is 3. The van der Waals surface area contributed by atoms with Gasteiger partial charge < -0.3 is 14.8 Å². The predicted octanol–water partition coefficient (Wildman–Crippen LogP) is 3.54. The molecule has 0 aromatic heterocycles. The first kappa shape index (κ1) is 14.3. The van der Waals surface area contributed by atoms with Crippen molar-refractivity contribution >= 4 is 21.6 Å². The molecule has 1 rings (SSSR count). The second-order valence-corrected chi connectivity index (χ2v) is 5.19. The highest BCUT2D eigenvalue weighted by Crippen LogP contribution is 2.24. The van der Waals surface area contributed by atoms with Crippen LogP contribution >= 0.6 is 15.9 Å². The van der Waals surface area contributed by atoms with E-state index in [1.54, 1.807) is 7.11 Å². The molecule has 1 aromatic carbocycles. The van der Waals surface area contributed by atoms with E-state index in [4.69, 9.17) is 9.47 Å². The standard InChI is InChI=1S/C13H20BrNO2/c1-10(2)9-17-5-4-15-12-6-11(14)7-13(8-12)16-3/h6-8,10,15H,4-5,9H2,1-3H3. The summed E-state index contributed by atoms with van der Waals surface area (Å²) >= 11 is 3.44. The largest absolute Gasteiger partial charge is 0.497 e. The Labute approximate surface area is 112 Å². The molecule has 1 aromatic rings. The Hall–Kier alpha value is -0.740. The molecule has 4 heteroatoms. The summed E-state index contributed by atoms with van der Waals surface area (Å²) in [7, 11) is 1.66. The molecule has 3 nitrogen and oxygen atoms in total. The lowest BCUT2D eigenvalue weighted by Crippen LogP contribution is -2.12. The van der Waals surface area contributed by atoms with Gasteiger partial charge in [0, 0.05) is 29.4 Å². The maximum absolute atomic E-state index is 5.50. The van der Waals surface area contributed by atoms with E-state index in [9.17, 15) is 0 Å². The second kappa shape index (κ2) is 7.56. The monoisotopic (exact) mass is 301 g/mol. The van der Waals surface area contributed by atoms with Crippen molar-refractivity contribution in [1.82, 2.24) is 0 Å². The number of nitrogens with one attached hydrogen (secondary N) is 1. The van der Waals surface area contributed by atoms with E-state index in [-0.39, 0.29) is 0 Å². The fourth-order valence-electron chi connectivity index (χ4n) is 1.37. The lowest BCUT2D eigenvalue weighted by Gasteiger charge is -2.10. The van der Waals surface area contributed by atoms with Gasteiger partial charge in [0.2, 0.25) is 0 Å². The van der Waals surface area contributed by atoms with Crippen molar-refractivity contribution in [2.24, 2.45) is 5.92 Å². The van der Waals surface area contributed by atoms with Crippen LogP contribution in [0, 0.1) is 5.92 Å². The van der Waals surface area contributed by atoms with E-state index in [1.807, 2.05) is 18.2 Å². The smallest absolute Gasteiger partial charge is 0.122 e.